The molecule has 1 aromatic heterocycles. The summed E-state index contributed by atoms with van der Waals surface area (Å²) in [5, 5.41) is 12.2. The van der Waals surface area contributed by atoms with Gasteiger partial charge in [-0.3, -0.25) is 0 Å². The molecule has 0 aliphatic carbocycles. The minimum Gasteiger partial charge on any atom is -0.466 e. The first-order valence-electron chi connectivity index (χ1n) is 5.79. The predicted octanol–water partition coefficient (Wildman–Crippen LogP) is 2.52. The van der Waals surface area contributed by atoms with E-state index in [0.717, 1.165) is 31.0 Å². The highest BCUT2D eigenvalue weighted by Crippen LogP contribution is 2.08. The lowest BCUT2D eigenvalue weighted by Crippen LogP contribution is -2.26. The highest BCUT2D eigenvalue weighted by atomic mass is 16.3. The molecule has 0 amide bonds. The molecule has 3 nitrogen and oxygen atoms in total. The van der Waals surface area contributed by atoms with Crippen LogP contribution in [0.3, 0.4) is 0 Å². The summed E-state index contributed by atoms with van der Waals surface area (Å²) in [7, 11) is 0. The number of aryl methyl sites for hydroxylation is 1. The molecule has 1 atom stereocenters. The van der Waals surface area contributed by atoms with Crippen LogP contribution in [-0.4, -0.2) is 13.1 Å². The van der Waals surface area contributed by atoms with E-state index in [0.29, 0.717) is 5.92 Å². The van der Waals surface area contributed by atoms with E-state index in [9.17, 15) is 0 Å². The van der Waals surface area contributed by atoms with E-state index in [1.54, 1.807) is 0 Å². The molecule has 1 aromatic rings. The molecular weight excluding hydrogens is 200 g/mol. The molecule has 1 N–H and O–H groups in total. The van der Waals surface area contributed by atoms with E-state index in [4.69, 9.17) is 9.68 Å². The Bertz CT molecular complexity index is 349. The highest BCUT2D eigenvalue weighted by molar-refractivity contribution is 5.05. The van der Waals surface area contributed by atoms with Crippen molar-refractivity contribution in [3.05, 3.63) is 23.7 Å². The van der Waals surface area contributed by atoms with Crippen molar-refractivity contribution in [2.24, 2.45) is 11.8 Å². The Morgan fingerprint density at radius 3 is 2.69 bits per heavy atom. The summed E-state index contributed by atoms with van der Waals surface area (Å²) in [6.45, 7) is 7.71. The number of hydrogen-bond donors (Lipinski definition) is 1. The lowest BCUT2D eigenvalue weighted by molar-refractivity contribution is 0.432. The Morgan fingerprint density at radius 2 is 2.19 bits per heavy atom. The number of nitrogens with one attached hydrogen (secondary N) is 1. The van der Waals surface area contributed by atoms with Gasteiger partial charge in [0, 0.05) is 19.5 Å². The van der Waals surface area contributed by atoms with E-state index in [1.165, 1.54) is 0 Å². The quantitative estimate of drug-likeness (QED) is 0.749. The maximum atomic E-state index is 8.91. The largest absolute Gasteiger partial charge is 0.466 e. The van der Waals surface area contributed by atoms with Crippen molar-refractivity contribution in [3.8, 4) is 6.07 Å². The fraction of sp³-hybridized carbons (Fsp3) is 0.615. The van der Waals surface area contributed by atoms with Crippen LogP contribution in [0.5, 0.6) is 0 Å². The molecule has 0 saturated carbocycles. The van der Waals surface area contributed by atoms with Gasteiger partial charge in [0.2, 0.25) is 0 Å². The van der Waals surface area contributed by atoms with Gasteiger partial charge in [0.15, 0.2) is 0 Å². The summed E-state index contributed by atoms with van der Waals surface area (Å²) < 4.78 is 5.46. The normalized spacial score (nSPS) is 12.7. The molecule has 0 bridgehead atoms. The average molecular weight is 220 g/mol. The number of nitrogens with zero attached hydrogens (tertiary/aromatic N) is 1. The van der Waals surface area contributed by atoms with Gasteiger partial charge < -0.3 is 9.73 Å². The van der Waals surface area contributed by atoms with E-state index in [1.807, 2.05) is 19.1 Å². The van der Waals surface area contributed by atoms with Crippen molar-refractivity contribution >= 4 is 0 Å². The third-order valence-electron chi connectivity index (χ3n) is 2.68. The molecule has 0 aliphatic rings. The van der Waals surface area contributed by atoms with Crippen LogP contribution in [0.1, 0.15) is 25.4 Å². The minimum absolute atomic E-state index is 0.0957. The Labute approximate surface area is 97.5 Å². The average Bonchev–Trinajstić information content (AvgIpc) is 2.64. The predicted molar refractivity (Wildman–Crippen MR) is 64.0 cm³/mol. The van der Waals surface area contributed by atoms with Gasteiger partial charge in [-0.1, -0.05) is 13.8 Å². The van der Waals surface area contributed by atoms with Crippen LogP contribution in [0, 0.1) is 30.1 Å². The summed E-state index contributed by atoms with van der Waals surface area (Å²) in [5.74, 6) is 2.46. The molecule has 1 unspecified atom stereocenters. The number of furan rings is 1. The fourth-order valence-corrected chi connectivity index (χ4v) is 1.52. The summed E-state index contributed by atoms with van der Waals surface area (Å²) in [4.78, 5) is 0. The Balaban J connectivity index is 2.19. The second kappa shape index (κ2) is 6.34. The van der Waals surface area contributed by atoms with E-state index in [-0.39, 0.29) is 5.92 Å². The zero-order valence-corrected chi connectivity index (χ0v) is 10.3. The molecule has 0 radical (unpaired) electrons. The lowest BCUT2D eigenvalue weighted by Gasteiger charge is -2.13. The van der Waals surface area contributed by atoms with Crippen molar-refractivity contribution in [2.75, 3.05) is 13.1 Å². The standard InChI is InChI=1S/C13H20N2O/c1-10(2)12(8-14)9-15-7-6-13-5-4-11(3)16-13/h4-5,10,12,15H,6-7,9H2,1-3H3. The van der Waals surface area contributed by atoms with Crippen LogP contribution in [0.4, 0.5) is 0 Å². The summed E-state index contributed by atoms with van der Waals surface area (Å²) in [6, 6.07) is 6.29. The van der Waals surface area contributed by atoms with Gasteiger partial charge in [-0.25, -0.2) is 0 Å². The van der Waals surface area contributed by atoms with Gasteiger partial charge in [0.1, 0.15) is 11.5 Å². The maximum Gasteiger partial charge on any atom is 0.105 e. The minimum atomic E-state index is 0.0957. The van der Waals surface area contributed by atoms with Crippen molar-refractivity contribution in [1.82, 2.24) is 5.32 Å². The van der Waals surface area contributed by atoms with Crippen molar-refractivity contribution < 1.29 is 4.42 Å². The third kappa shape index (κ3) is 4.08. The Kier molecular flexibility index (Phi) is 5.07. The fourth-order valence-electron chi connectivity index (χ4n) is 1.52. The molecule has 16 heavy (non-hydrogen) atoms. The molecule has 0 spiro atoms. The molecule has 0 aliphatic heterocycles. The van der Waals surface area contributed by atoms with Gasteiger partial charge in [-0.15, -0.1) is 0 Å². The first kappa shape index (κ1) is 12.8. The molecule has 1 heterocycles. The van der Waals surface area contributed by atoms with E-state index in [2.05, 4.69) is 25.2 Å². The van der Waals surface area contributed by atoms with Crippen LogP contribution >= 0.6 is 0 Å². The van der Waals surface area contributed by atoms with Gasteiger partial charge in [-0.05, 0) is 25.0 Å². The van der Waals surface area contributed by atoms with E-state index >= 15 is 0 Å². The molecule has 0 saturated heterocycles. The van der Waals surface area contributed by atoms with Gasteiger partial charge in [-0.2, -0.15) is 5.26 Å². The van der Waals surface area contributed by atoms with Gasteiger partial charge in [0.05, 0.1) is 12.0 Å². The van der Waals surface area contributed by atoms with Crippen LogP contribution in [0.25, 0.3) is 0 Å². The second-order valence-electron chi connectivity index (χ2n) is 4.45. The van der Waals surface area contributed by atoms with E-state index < -0.39 is 0 Å². The number of nitriles is 1. The first-order valence-corrected chi connectivity index (χ1v) is 5.79. The van der Waals surface area contributed by atoms with Crippen LogP contribution in [0.15, 0.2) is 16.5 Å². The summed E-state index contributed by atoms with van der Waals surface area (Å²) in [5.41, 5.74) is 0. The van der Waals surface area contributed by atoms with Gasteiger partial charge in [0.25, 0.3) is 0 Å². The van der Waals surface area contributed by atoms with Crippen LogP contribution < -0.4 is 5.32 Å². The Morgan fingerprint density at radius 1 is 1.44 bits per heavy atom. The number of hydrogen-bond acceptors (Lipinski definition) is 3. The van der Waals surface area contributed by atoms with Gasteiger partial charge >= 0.3 is 0 Å². The van der Waals surface area contributed by atoms with Crippen molar-refractivity contribution in [1.29, 1.82) is 5.26 Å². The molecule has 3 heteroatoms. The van der Waals surface area contributed by atoms with Crippen molar-refractivity contribution in [3.63, 3.8) is 0 Å². The zero-order chi connectivity index (χ0) is 12.0. The smallest absolute Gasteiger partial charge is 0.105 e. The topological polar surface area (TPSA) is 49.0 Å². The van der Waals surface area contributed by atoms with Crippen LogP contribution in [-0.2, 0) is 6.42 Å². The van der Waals surface area contributed by atoms with Crippen LogP contribution in [0.2, 0.25) is 0 Å². The molecule has 0 aromatic carbocycles. The lowest BCUT2D eigenvalue weighted by atomic mass is 9.98. The van der Waals surface area contributed by atoms with Crippen molar-refractivity contribution in [2.45, 2.75) is 27.2 Å². The second-order valence-corrected chi connectivity index (χ2v) is 4.45. The third-order valence-corrected chi connectivity index (χ3v) is 2.68. The molecule has 0 fully saturated rings. The summed E-state index contributed by atoms with van der Waals surface area (Å²) >= 11 is 0. The monoisotopic (exact) mass is 220 g/mol. The zero-order valence-electron chi connectivity index (χ0n) is 10.3. The summed E-state index contributed by atoms with van der Waals surface area (Å²) in [6.07, 6.45) is 0.879. The SMILES string of the molecule is Cc1ccc(CCNCC(C#N)C(C)C)o1. The first-order chi connectivity index (χ1) is 7.63. The number of rotatable bonds is 6. The Hall–Kier alpha value is -1.27. The highest BCUT2D eigenvalue weighted by Gasteiger charge is 2.11. The molecular formula is C13H20N2O. The molecule has 88 valence electrons. The maximum absolute atomic E-state index is 8.91. The molecule has 1 rings (SSSR count).